The molecule has 5 nitrogen and oxygen atoms in total. The largest absolute Gasteiger partial charge is 0.309 e. The van der Waals surface area contributed by atoms with Crippen LogP contribution in [-0.2, 0) is 11.3 Å². The van der Waals surface area contributed by atoms with Crippen LogP contribution < -0.4 is 5.32 Å². The molecule has 2 rings (SSSR count). The fourth-order valence-corrected chi connectivity index (χ4v) is 2.30. The van der Waals surface area contributed by atoms with Gasteiger partial charge in [-0.25, -0.2) is 4.98 Å². The quantitative estimate of drug-likeness (QED) is 0.813. The maximum atomic E-state index is 12.5. The van der Waals surface area contributed by atoms with E-state index in [0.717, 1.165) is 25.1 Å². The lowest BCUT2D eigenvalue weighted by atomic mass is 10.2. The minimum Gasteiger partial charge on any atom is -0.309 e. The molecule has 0 spiro atoms. The molecule has 0 aliphatic carbocycles. The molecule has 0 saturated carbocycles. The average molecular weight is 312 g/mol. The summed E-state index contributed by atoms with van der Waals surface area (Å²) in [6.07, 6.45) is 5.59. The molecule has 0 fully saturated rings. The molecule has 0 radical (unpaired) electrons. The Kier molecular flexibility index (Phi) is 6.69. The van der Waals surface area contributed by atoms with Gasteiger partial charge in [-0.3, -0.25) is 14.7 Å². The highest BCUT2D eigenvalue weighted by Gasteiger charge is 2.21. The molecule has 122 valence electrons. The van der Waals surface area contributed by atoms with E-state index in [2.05, 4.69) is 27.1 Å². The van der Waals surface area contributed by atoms with Crippen LogP contribution in [-0.4, -0.2) is 33.4 Å². The van der Waals surface area contributed by atoms with Crippen LogP contribution in [0.4, 0.5) is 5.82 Å². The fraction of sp³-hybridized carbons (Fsp3) is 0.389. The van der Waals surface area contributed by atoms with Gasteiger partial charge < -0.3 is 5.32 Å². The van der Waals surface area contributed by atoms with Crippen molar-refractivity contribution in [3.63, 3.8) is 0 Å². The van der Waals surface area contributed by atoms with Gasteiger partial charge in [-0.15, -0.1) is 0 Å². The van der Waals surface area contributed by atoms with Crippen LogP contribution >= 0.6 is 0 Å². The number of hydrogen-bond acceptors (Lipinski definition) is 4. The molecule has 0 aliphatic rings. The molecule has 0 bridgehead atoms. The van der Waals surface area contributed by atoms with Gasteiger partial charge in [-0.05, 0) is 44.2 Å². The van der Waals surface area contributed by atoms with Crippen LogP contribution in [0.2, 0.25) is 0 Å². The number of rotatable bonds is 8. The van der Waals surface area contributed by atoms with Gasteiger partial charge in [0.25, 0.3) is 0 Å². The molecular formula is C18H24N4O. The molecule has 0 aromatic carbocycles. The van der Waals surface area contributed by atoms with Crippen molar-refractivity contribution in [3.8, 4) is 0 Å². The zero-order valence-electron chi connectivity index (χ0n) is 13.8. The molecule has 2 aromatic heterocycles. The number of hydrogen-bond donors (Lipinski definition) is 1. The molecular weight excluding hydrogens is 288 g/mol. The molecule has 1 atom stereocenters. The van der Waals surface area contributed by atoms with Gasteiger partial charge in [0.05, 0.1) is 11.7 Å². The van der Waals surface area contributed by atoms with Crippen LogP contribution in [0, 0.1) is 0 Å². The third-order valence-electron chi connectivity index (χ3n) is 3.73. The second-order valence-electron chi connectivity index (χ2n) is 5.53. The number of aromatic nitrogens is 2. The number of carbonyl (C=O) groups is 1. The summed E-state index contributed by atoms with van der Waals surface area (Å²) in [4.78, 5) is 23.2. The molecule has 23 heavy (non-hydrogen) atoms. The van der Waals surface area contributed by atoms with E-state index in [9.17, 15) is 4.79 Å². The van der Waals surface area contributed by atoms with E-state index < -0.39 is 0 Å². The van der Waals surface area contributed by atoms with Gasteiger partial charge in [0.15, 0.2) is 0 Å². The van der Waals surface area contributed by atoms with Gasteiger partial charge in [0.2, 0.25) is 5.91 Å². The van der Waals surface area contributed by atoms with Gasteiger partial charge in [-0.2, -0.15) is 0 Å². The first-order chi connectivity index (χ1) is 11.2. The first-order valence-corrected chi connectivity index (χ1v) is 8.06. The highest BCUT2D eigenvalue weighted by molar-refractivity contribution is 5.93. The summed E-state index contributed by atoms with van der Waals surface area (Å²) in [7, 11) is 0. The molecule has 5 heteroatoms. The van der Waals surface area contributed by atoms with Gasteiger partial charge in [-0.1, -0.05) is 25.5 Å². The molecule has 2 heterocycles. The predicted octanol–water partition coefficient (Wildman–Crippen LogP) is 3.11. The third kappa shape index (κ3) is 5.45. The maximum Gasteiger partial charge on any atom is 0.242 e. The zero-order valence-corrected chi connectivity index (χ0v) is 13.8. The monoisotopic (exact) mass is 312 g/mol. The van der Waals surface area contributed by atoms with Crippen molar-refractivity contribution in [2.24, 2.45) is 0 Å². The number of anilines is 1. The van der Waals surface area contributed by atoms with E-state index in [-0.39, 0.29) is 11.9 Å². The summed E-state index contributed by atoms with van der Waals surface area (Å²) in [5.41, 5.74) is 0.973. The van der Waals surface area contributed by atoms with E-state index in [4.69, 9.17) is 0 Å². The number of nitrogens with zero attached hydrogens (tertiary/aromatic N) is 3. The van der Waals surface area contributed by atoms with Crippen molar-refractivity contribution in [2.45, 2.75) is 39.3 Å². The summed E-state index contributed by atoms with van der Waals surface area (Å²) in [5.74, 6) is 0.536. The molecule has 0 aliphatic heterocycles. The Balaban J connectivity index is 2.03. The Morgan fingerprint density at radius 2 is 1.91 bits per heavy atom. The van der Waals surface area contributed by atoms with E-state index in [1.54, 1.807) is 18.5 Å². The smallest absolute Gasteiger partial charge is 0.242 e. The highest BCUT2D eigenvalue weighted by atomic mass is 16.2. The third-order valence-corrected chi connectivity index (χ3v) is 3.73. The first-order valence-electron chi connectivity index (χ1n) is 8.06. The summed E-state index contributed by atoms with van der Waals surface area (Å²) in [6.45, 7) is 5.61. The van der Waals surface area contributed by atoms with Crippen LogP contribution in [0.25, 0.3) is 0 Å². The van der Waals surface area contributed by atoms with Crippen LogP contribution in [0.3, 0.4) is 0 Å². The second-order valence-corrected chi connectivity index (χ2v) is 5.53. The van der Waals surface area contributed by atoms with Gasteiger partial charge in [0, 0.05) is 18.9 Å². The molecule has 2 aromatic rings. The fourth-order valence-electron chi connectivity index (χ4n) is 2.30. The summed E-state index contributed by atoms with van der Waals surface area (Å²) in [5, 5.41) is 2.87. The van der Waals surface area contributed by atoms with Crippen molar-refractivity contribution in [3.05, 3.63) is 54.5 Å². The van der Waals surface area contributed by atoms with Crippen LogP contribution in [0.5, 0.6) is 0 Å². The number of carbonyl (C=O) groups excluding carboxylic acids is 1. The minimum absolute atomic E-state index is 0.0456. The van der Waals surface area contributed by atoms with Crippen molar-refractivity contribution < 1.29 is 4.79 Å². The standard InChI is InChI=1S/C18H24N4O/c1-3-4-13-22(14-16-9-5-7-11-19-16)15(2)18(23)21-17-10-6-8-12-20-17/h5-12,15H,3-4,13-14H2,1-2H3,(H,20,21,23)/t15-/m0/s1. The lowest BCUT2D eigenvalue weighted by Gasteiger charge is -2.27. The normalized spacial score (nSPS) is 12.1. The average Bonchev–Trinajstić information content (AvgIpc) is 2.59. The summed E-state index contributed by atoms with van der Waals surface area (Å²) < 4.78 is 0. The highest BCUT2D eigenvalue weighted by Crippen LogP contribution is 2.10. The van der Waals surface area contributed by atoms with Crippen molar-refractivity contribution in [2.75, 3.05) is 11.9 Å². The van der Waals surface area contributed by atoms with Crippen LogP contribution in [0.15, 0.2) is 48.8 Å². The topological polar surface area (TPSA) is 58.1 Å². The Hall–Kier alpha value is -2.27. The Labute approximate surface area is 137 Å². The molecule has 0 saturated heterocycles. The predicted molar refractivity (Wildman–Crippen MR) is 91.9 cm³/mol. The SMILES string of the molecule is CCCCN(Cc1ccccn1)[C@@H](C)C(=O)Nc1ccccn1. The number of nitrogens with one attached hydrogen (secondary N) is 1. The number of unbranched alkanes of at least 4 members (excludes halogenated alkanes) is 1. The number of pyridine rings is 2. The van der Waals surface area contributed by atoms with Crippen molar-refractivity contribution >= 4 is 11.7 Å². The Morgan fingerprint density at radius 1 is 1.17 bits per heavy atom. The van der Waals surface area contributed by atoms with Gasteiger partial charge in [0.1, 0.15) is 5.82 Å². The van der Waals surface area contributed by atoms with E-state index in [0.29, 0.717) is 12.4 Å². The summed E-state index contributed by atoms with van der Waals surface area (Å²) >= 11 is 0. The maximum absolute atomic E-state index is 12.5. The Morgan fingerprint density at radius 3 is 2.52 bits per heavy atom. The first kappa shape index (κ1) is 17.1. The van der Waals surface area contributed by atoms with Crippen molar-refractivity contribution in [1.29, 1.82) is 0 Å². The number of amides is 1. The van der Waals surface area contributed by atoms with Gasteiger partial charge >= 0.3 is 0 Å². The molecule has 1 N–H and O–H groups in total. The summed E-state index contributed by atoms with van der Waals surface area (Å²) in [6, 6.07) is 11.1. The zero-order chi connectivity index (χ0) is 16.5. The lowest BCUT2D eigenvalue weighted by Crippen LogP contribution is -2.42. The van der Waals surface area contributed by atoms with E-state index in [1.807, 2.05) is 37.3 Å². The molecule has 1 amide bonds. The van der Waals surface area contributed by atoms with Crippen LogP contribution in [0.1, 0.15) is 32.4 Å². The molecule has 0 unspecified atom stereocenters. The van der Waals surface area contributed by atoms with E-state index >= 15 is 0 Å². The minimum atomic E-state index is -0.245. The van der Waals surface area contributed by atoms with E-state index in [1.165, 1.54) is 0 Å². The van der Waals surface area contributed by atoms with Crippen molar-refractivity contribution in [1.82, 2.24) is 14.9 Å². The Bertz CT molecular complexity index is 588. The second kappa shape index (κ2) is 9.00. The lowest BCUT2D eigenvalue weighted by molar-refractivity contribution is -0.121.